The number of amides is 1. The molecule has 0 aliphatic heterocycles. The Kier molecular flexibility index (Phi) is 6.36. The molecule has 0 heterocycles. The van der Waals surface area contributed by atoms with Crippen LogP contribution in [0.2, 0.25) is 0 Å². The molecule has 1 aromatic rings. The van der Waals surface area contributed by atoms with Crippen molar-refractivity contribution in [3.8, 4) is 0 Å². The molecular weight excluding hydrogens is 344 g/mol. The van der Waals surface area contributed by atoms with E-state index in [4.69, 9.17) is 4.74 Å². The molecule has 1 amide bonds. The second-order valence-electron chi connectivity index (χ2n) is 7.42. The smallest absolute Gasteiger partial charge is 0.408 e. The highest BCUT2D eigenvalue weighted by molar-refractivity contribution is 7.89. The minimum absolute atomic E-state index is 0.0248. The zero-order valence-corrected chi connectivity index (χ0v) is 16.3. The molecule has 1 rings (SSSR count). The molecule has 0 unspecified atom stereocenters. The zero-order valence-electron chi connectivity index (χ0n) is 15.5. The van der Waals surface area contributed by atoms with Gasteiger partial charge in [-0.05, 0) is 53.7 Å². The number of carbonyl (C=O) groups excluding carboxylic acids is 2. The first-order chi connectivity index (χ1) is 11.2. The van der Waals surface area contributed by atoms with E-state index in [1.54, 1.807) is 34.6 Å². The molecule has 0 radical (unpaired) electrons. The highest BCUT2D eigenvalue weighted by Gasteiger charge is 2.26. The summed E-state index contributed by atoms with van der Waals surface area (Å²) in [5, 5.41) is 2.63. The van der Waals surface area contributed by atoms with Gasteiger partial charge in [-0.2, -0.15) is 0 Å². The maximum Gasteiger partial charge on any atom is 0.408 e. The van der Waals surface area contributed by atoms with Gasteiger partial charge in [0.25, 0.3) is 0 Å². The molecule has 0 aromatic heterocycles. The van der Waals surface area contributed by atoms with Crippen LogP contribution in [0.5, 0.6) is 0 Å². The van der Waals surface area contributed by atoms with Crippen molar-refractivity contribution in [1.82, 2.24) is 10.0 Å². The van der Waals surface area contributed by atoms with Crippen molar-refractivity contribution in [3.05, 3.63) is 29.8 Å². The molecule has 0 aliphatic carbocycles. The fourth-order valence-corrected chi connectivity index (χ4v) is 3.06. The van der Waals surface area contributed by atoms with Gasteiger partial charge in [0.15, 0.2) is 5.78 Å². The third kappa shape index (κ3) is 7.23. The van der Waals surface area contributed by atoms with Gasteiger partial charge >= 0.3 is 6.09 Å². The van der Waals surface area contributed by atoms with E-state index in [1.165, 1.54) is 31.2 Å². The summed E-state index contributed by atoms with van der Waals surface area (Å²) in [5.41, 5.74) is -1.06. The predicted molar refractivity (Wildman–Crippen MR) is 95.1 cm³/mol. The van der Waals surface area contributed by atoms with E-state index in [0.29, 0.717) is 5.56 Å². The van der Waals surface area contributed by atoms with Crippen LogP contribution in [0.1, 0.15) is 51.9 Å². The van der Waals surface area contributed by atoms with E-state index < -0.39 is 27.3 Å². The summed E-state index contributed by atoms with van der Waals surface area (Å²) < 4.78 is 32.3. The van der Waals surface area contributed by atoms with Gasteiger partial charge in [-0.1, -0.05) is 12.1 Å². The summed E-state index contributed by atoms with van der Waals surface area (Å²) in [7, 11) is -3.76. The van der Waals surface area contributed by atoms with Crippen LogP contribution in [0.15, 0.2) is 29.2 Å². The molecule has 140 valence electrons. The molecule has 0 bridgehead atoms. The number of ketones is 1. The monoisotopic (exact) mass is 370 g/mol. The lowest BCUT2D eigenvalue weighted by molar-refractivity contribution is 0.0474. The van der Waals surface area contributed by atoms with Gasteiger partial charge in [0.1, 0.15) is 5.60 Å². The SMILES string of the molecule is CC(=O)c1ccc(S(=O)(=O)NCC(C)(C)NC(=O)OC(C)(C)C)cc1. The number of ether oxygens (including phenoxy) is 1. The Morgan fingerprint density at radius 1 is 1.04 bits per heavy atom. The maximum atomic E-state index is 12.3. The van der Waals surface area contributed by atoms with Gasteiger partial charge in [0, 0.05) is 12.1 Å². The van der Waals surface area contributed by atoms with Crippen molar-refractivity contribution in [2.24, 2.45) is 0 Å². The zero-order chi connectivity index (χ0) is 19.5. The van der Waals surface area contributed by atoms with Gasteiger partial charge in [0.2, 0.25) is 10.0 Å². The van der Waals surface area contributed by atoms with Gasteiger partial charge in [-0.15, -0.1) is 0 Å². The second-order valence-corrected chi connectivity index (χ2v) is 9.18. The van der Waals surface area contributed by atoms with Crippen molar-refractivity contribution >= 4 is 21.9 Å². The topological polar surface area (TPSA) is 102 Å². The van der Waals surface area contributed by atoms with Crippen molar-refractivity contribution < 1.29 is 22.7 Å². The number of sulfonamides is 1. The van der Waals surface area contributed by atoms with E-state index >= 15 is 0 Å². The van der Waals surface area contributed by atoms with E-state index in [2.05, 4.69) is 10.0 Å². The van der Waals surface area contributed by atoms with E-state index in [-0.39, 0.29) is 17.2 Å². The fraction of sp³-hybridized carbons (Fsp3) is 0.529. The number of carbonyl (C=O) groups is 2. The van der Waals surface area contributed by atoms with E-state index in [0.717, 1.165) is 0 Å². The molecule has 0 aliphatic rings. The van der Waals surface area contributed by atoms with Crippen LogP contribution in [0.25, 0.3) is 0 Å². The summed E-state index contributed by atoms with van der Waals surface area (Å²) in [6.07, 6.45) is -0.623. The van der Waals surface area contributed by atoms with Crippen LogP contribution in [-0.4, -0.2) is 38.0 Å². The summed E-state index contributed by atoms with van der Waals surface area (Å²) in [6, 6.07) is 5.66. The van der Waals surface area contributed by atoms with Crippen LogP contribution in [0, 0.1) is 0 Å². The quantitative estimate of drug-likeness (QED) is 0.749. The van der Waals surface area contributed by atoms with Crippen LogP contribution >= 0.6 is 0 Å². The average molecular weight is 370 g/mol. The third-order valence-corrected chi connectivity index (χ3v) is 4.53. The Labute approximate surface area is 149 Å². The molecule has 25 heavy (non-hydrogen) atoms. The normalized spacial score (nSPS) is 12.6. The molecule has 0 saturated carbocycles. The minimum atomic E-state index is -3.76. The second kappa shape index (κ2) is 7.53. The predicted octanol–water partition coefficient (Wildman–Crippen LogP) is 2.47. The summed E-state index contributed by atoms with van der Waals surface area (Å²) >= 11 is 0. The molecule has 8 heteroatoms. The number of Topliss-reactive ketones (excluding diaryl/α,β-unsaturated/α-hetero) is 1. The Hall–Kier alpha value is -1.93. The average Bonchev–Trinajstić information content (AvgIpc) is 2.43. The van der Waals surface area contributed by atoms with Gasteiger partial charge < -0.3 is 10.1 Å². The number of alkyl carbamates (subject to hydrolysis) is 1. The summed E-state index contributed by atoms with van der Waals surface area (Å²) in [4.78, 5) is 23.1. The Balaban J connectivity index is 2.73. The third-order valence-electron chi connectivity index (χ3n) is 3.11. The standard InChI is InChI=1S/C17H26N2O5S/c1-12(20)13-7-9-14(10-8-13)25(22,23)18-11-17(5,6)19-15(21)24-16(2,3)4/h7-10,18H,11H2,1-6H3,(H,19,21). The van der Waals surface area contributed by atoms with E-state index in [1.807, 2.05) is 0 Å². The summed E-state index contributed by atoms with van der Waals surface area (Å²) in [6.45, 7) is 9.97. The fourth-order valence-electron chi connectivity index (χ4n) is 1.85. The number of hydrogen-bond acceptors (Lipinski definition) is 5. The molecule has 1 aromatic carbocycles. The van der Waals surface area contributed by atoms with Crippen molar-refractivity contribution in [1.29, 1.82) is 0 Å². The molecular formula is C17H26N2O5S. The first-order valence-corrected chi connectivity index (χ1v) is 9.32. The van der Waals surface area contributed by atoms with Gasteiger partial charge in [-0.3, -0.25) is 4.79 Å². The van der Waals surface area contributed by atoms with Crippen molar-refractivity contribution in [2.45, 2.75) is 57.6 Å². The molecule has 0 saturated heterocycles. The first-order valence-electron chi connectivity index (χ1n) is 7.84. The largest absolute Gasteiger partial charge is 0.444 e. The number of hydrogen-bond donors (Lipinski definition) is 2. The first kappa shape index (κ1) is 21.1. The highest BCUT2D eigenvalue weighted by atomic mass is 32.2. The lowest BCUT2D eigenvalue weighted by Crippen LogP contribution is -2.52. The minimum Gasteiger partial charge on any atom is -0.444 e. The Morgan fingerprint density at radius 3 is 2.00 bits per heavy atom. The van der Waals surface area contributed by atoms with E-state index in [9.17, 15) is 18.0 Å². The molecule has 0 spiro atoms. The number of benzene rings is 1. The maximum absolute atomic E-state index is 12.3. The lowest BCUT2D eigenvalue weighted by Gasteiger charge is -2.28. The number of rotatable bonds is 6. The van der Waals surface area contributed by atoms with Crippen LogP contribution < -0.4 is 10.0 Å². The van der Waals surface area contributed by atoms with Crippen LogP contribution in [-0.2, 0) is 14.8 Å². The van der Waals surface area contributed by atoms with Gasteiger partial charge in [0.05, 0.1) is 10.4 Å². The number of nitrogens with one attached hydrogen (secondary N) is 2. The van der Waals surface area contributed by atoms with Crippen molar-refractivity contribution in [2.75, 3.05) is 6.54 Å². The Bertz CT molecular complexity index is 731. The van der Waals surface area contributed by atoms with Crippen LogP contribution in [0.4, 0.5) is 4.79 Å². The molecule has 7 nitrogen and oxygen atoms in total. The van der Waals surface area contributed by atoms with Gasteiger partial charge in [-0.25, -0.2) is 17.9 Å². The van der Waals surface area contributed by atoms with Crippen LogP contribution in [0.3, 0.4) is 0 Å². The lowest BCUT2D eigenvalue weighted by atomic mass is 10.1. The Morgan fingerprint density at radius 2 is 1.56 bits per heavy atom. The van der Waals surface area contributed by atoms with Crippen molar-refractivity contribution in [3.63, 3.8) is 0 Å². The molecule has 2 N–H and O–H groups in total. The molecule has 0 fully saturated rings. The molecule has 0 atom stereocenters. The summed E-state index contributed by atoms with van der Waals surface area (Å²) in [5.74, 6) is -0.139. The highest BCUT2D eigenvalue weighted by Crippen LogP contribution is 2.13.